The Kier molecular flexibility index (Phi) is 3.11. The summed E-state index contributed by atoms with van der Waals surface area (Å²) in [5.74, 6) is 0.937. The fraction of sp³-hybridized carbons (Fsp3) is 0.0769. The minimum absolute atomic E-state index is 0.147. The summed E-state index contributed by atoms with van der Waals surface area (Å²) in [6, 6.07) is 9.70. The summed E-state index contributed by atoms with van der Waals surface area (Å²) in [6.45, 7) is 0. The molecular formula is C13H9N3O5. The van der Waals surface area contributed by atoms with E-state index in [4.69, 9.17) is 13.7 Å². The fourth-order valence-electron chi connectivity index (χ4n) is 1.72. The van der Waals surface area contributed by atoms with Crippen LogP contribution in [-0.2, 0) is 0 Å². The normalized spacial score (nSPS) is 10.5. The third kappa shape index (κ3) is 2.46. The molecule has 1 aromatic carbocycles. The summed E-state index contributed by atoms with van der Waals surface area (Å²) in [7, 11) is 1.57. The van der Waals surface area contributed by atoms with Crippen LogP contribution in [0.25, 0.3) is 23.0 Å². The molecule has 3 aromatic rings. The maximum atomic E-state index is 10.6. The lowest BCUT2D eigenvalue weighted by atomic mass is 10.2. The molecule has 8 heteroatoms. The Labute approximate surface area is 118 Å². The molecule has 0 radical (unpaired) electrons. The molecule has 3 rings (SSSR count). The van der Waals surface area contributed by atoms with E-state index >= 15 is 0 Å². The number of rotatable bonds is 4. The first-order chi connectivity index (χ1) is 10.2. The first-order valence-corrected chi connectivity index (χ1v) is 5.90. The maximum absolute atomic E-state index is 10.6. The van der Waals surface area contributed by atoms with E-state index in [-0.39, 0.29) is 23.4 Å². The Bertz CT molecular complexity index is 775. The zero-order chi connectivity index (χ0) is 14.8. The van der Waals surface area contributed by atoms with Crippen LogP contribution in [0.5, 0.6) is 5.75 Å². The highest BCUT2D eigenvalue weighted by Crippen LogP contribution is 2.27. The minimum Gasteiger partial charge on any atom is -0.497 e. The average Bonchev–Trinajstić information content (AvgIpc) is 3.16. The van der Waals surface area contributed by atoms with Crippen LogP contribution in [0.3, 0.4) is 0 Å². The molecule has 0 aliphatic heterocycles. The van der Waals surface area contributed by atoms with E-state index in [9.17, 15) is 10.1 Å². The van der Waals surface area contributed by atoms with E-state index in [1.54, 1.807) is 31.4 Å². The van der Waals surface area contributed by atoms with Crippen molar-refractivity contribution in [2.75, 3.05) is 7.11 Å². The van der Waals surface area contributed by atoms with Crippen molar-refractivity contribution in [1.82, 2.24) is 10.1 Å². The first kappa shape index (κ1) is 12.9. The summed E-state index contributed by atoms with van der Waals surface area (Å²) < 4.78 is 15.2. The van der Waals surface area contributed by atoms with Crippen molar-refractivity contribution >= 4 is 5.88 Å². The van der Waals surface area contributed by atoms with Crippen LogP contribution in [0.15, 0.2) is 45.3 Å². The van der Waals surface area contributed by atoms with E-state index < -0.39 is 4.92 Å². The smallest absolute Gasteiger partial charge is 0.433 e. The molecular weight excluding hydrogens is 278 g/mol. The van der Waals surface area contributed by atoms with Crippen LogP contribution in [0.1, 0.15) is 0 Å². The van der Waals surface area contributed by atoms with Crippen molar-refractivity contribution in [3.8, 4) is 28.8 Å². The molecule has 0 fully saturated rings. The van der Waals surface area contributed by atoms with Crippen molar-refractivity contribution in [2.24, 2.45) is 0 Å². The van der Waals surface area contributed by atoms with Gasteiger partial charge in [-0.3, -0.25) is 10.1 Å². The number of ether oxygens (including phenoxy) is 1. The quantitative estimate of drug-likeness (QED) is 0.536. The van der Waals surface area contributed by atoms with Crippen LogP contribution in [0, 0.1) is 10.1 Å². The molecule has 0 atom stereocenters. The number of benzene rings is 1. The van der Waals surface area contributed by atoms with Gasteiger partial charge in [0, 0.05) is 5.56 Å². The van der Waals surface area contributed by atoms with E-state index in [0.717, 1.165) is 0 Å². The largest absolute Gasteiger partial charge is 0.497 e. The Morgan fingerprint density at radius 1 is 1.19 bits per heavy atom. The summed E-state index contributed by atoms with van der Waals surface area (Å²) in [4.78, 5) is 14.1. The average molecular weight is 287 g/mol. The molecule has 2 aromatic heterocycles. The Balaban J connectivity index is 1.89. The number of aromatic nitrogens is 2. The van der Waals surface area contributed by atoms with Gasteiger partial charge in [0.15, 0.2) is 5.76 Å². The lowest BCUT2D eigenvalue weighted by Gasteiger charge is -1.98. The summed E-state index contributed by atoms with van der Waals surface area (Å²) in [6.07, 6.45) is 0. The van der Waals surface area contributed by atoms with Crippen molar-refractivity contribution < 1.29 is 18.6 Å². The van der Waals surface area contributed by atoms with E-state index in [2.05, 4.69) is 10.1 Å². The van der Waals surface area contributed by atoms with Crippen LogP contribution >= 0.6 is 0 Å². The van der Waals surface area contributed by atoms with Gasteiger partial charge in [-0.25, -0.2) is 0 Å². The highest BCUT2D eigenvalue weighted by molar-refractivity contribution is 5.58. The van der Waals surface area contributed by atoms with E-state index in [0.29, 0.717) is 11.3 Å². The molecule has 106 valence electrons. The lowest BCUT2D eigenvalue weighted by Crippen LogP contribution is -1.83. The maximum Gasteiger partial charge on any atom is 0.433 e. The molecule has 8 nitrogen and oxygen atoms in total. The molecule has 0 saturated heterocycles. The summed E-state index contributed by atoms with van der Waals surface area (Å²) >= 11 is 0. The molecule has 0 unspecified atom stereocenters. The highest BCUT2D eigenvalue weighted by Gasteiger charge is 2.18. The summed E-state index contributed by atoms with van der Waals surface area (Å²) in [5, 5.41) is 14.3. The first-order valence-electron chi connectivity index (χ1n) is 5.90. The number of nitrogens with zero attached hydrogens (tertiary/aromatic N) is 3. The second kappa shape index (κ2) is 5.08. The molecule has 0 saturated carbocycles. The fourth-order valence-corrected chi connectivity index (χ4v) is 1.72. The van der Waals surface area contributed by atoms with Gasteiger partial charge in [0.05, 0.1) is 13.2 Å². The van der Waals surface area contributed by atoms with Crippen LogP contribution in [-0.4, -0.2) is 22.2 Å². The van der Waals surface area contributed by atoms with Crippen molar-refractivity contribution in [3.05, 3.63) is 46.5 Å². The van der Waals surface area contributed by atoms with E-state index in [1.807, 2.05) is 0 Å². The van der Waals surface area contributed by atoms with Gasteiger partial charge >= 0.3 is 5.88 Å². The van der Waals surface area contributed by atoms with Crippen molar-refractivity contribution in [1.29, 1.82) is 0 Å². The molecule has 0 aliphatic carbocycles. The van der Waals surface area contributed by atoms with Crippen LogP contribution < -0.4 is 4.74 Å². The second-order valence-electron chi connectivity index (χ2n) is 4.05. The zero-order valence-electron chi connectivity index (χ0n) is 10.8. The van der Waals surface area contributed by atoms with Gasteiger partial charge in [-0.15, -0.1) is 0 Å². The lowest BCUT2D eigenvalue weighted by molar-refractivity contribution is -0.401. The zero-order valence-corrected chi connectivity index (χ0v) is 10.8. The molecule has 0 aliphatic rings. The third-order valence-corrected chi connectivity index (χ3v) is 2.76. The second-order valence-corrected chi connectivity index (χ2v) is 4.05. The topological polar surface area (TPSA) is 104 Å². The van der Waals surface area contributed by atoms with Gasteiger partial charge in [-0.05, 0) is 30.3 Å². The molecule has 0 amide bonds. The Morgan fingerprint density at radius 3 is 2.57 bits per heavy atom. The van der Waals surface area contributed by atoms with Gasteiger partial charge in [0.2, 0.25) is 5.82 Å². The number of hydrogen-bond acceptors (Lipinski definition) is 7. The number of hydrogen-bond donors (Lipinski definition) is 0. The summed E-state index contributed by atoms with van der Waals surface area (Å²) in [5.41, 5.74) is 0.704. The predicted octanol–water partition coefficient (Wildman–Crippen LogP) is 2.91. The standard InChI is InChI=1S/C13H9N3O5/c1-19-9-4-2-8(3-5-9)13-14-12(15-21-13)10-6-7-11(20-10)16(17)18/h2-7H,1H3. The minimum atomic E-state index is -0.631. The van der Waals surface area contributed by atoms with Crippen LogP contribution in [0.2, 0.25) is 0 Å². The number of methoxy groups -OCH3 is 1. The van der Waals surface area contributed by atoms with Gasteiger partial charge in [0.1, 0.15) is 10.7 Å². The van der Waals surface area contributed by atoms with Gasteiger partial charge < -0.3 is 13.7 Å². The monoisotopic (exact) mass is 287 g/mol. The molecule has 21 heavy (non-hydrogen) atoms. The molecule has 2 heterocycles. The highest BCUT2D eigenvalue weighted by atomic mass is 16.6. The van der Waals surface area contributed by atoms with E-state index in [1.165, 1.54) is 12.1 Å². The van der Waals surface area contributed by atoms with Crippen molar-refractivity contribution in [3.63, 3.8) is 0 Å². The predicted molar refractivity (Wildman–Crippen MR) is 70.6 cm³/mol. The number of furan rings is 1. The van der Waals surface area contributed by atoms with Gasteiger partial charge in [-0.1, -0.05) is 5.16 Å². The molecule has 0 bridgehead atoms. The third-order valence-electron chi connectivity index (χ3n) is 2.76. The van der Waals surface area contributed by atoms with Crippen molar-refractivity contribution in [2.45, 2.75) is 0 Å². The SMILES string of the molecule is COc1ccc(-c2nc(-c3ccc([N+](=O)[O-])o3)no2)cc1. The van der Waals surface area contributed by atoms with Gasteiger partial charge in [-0.2, -0.15) is 4.98 Å². The molecule has 0 N–H and O–H groups in total. The van der Waals surface area contributed by atoms with Crippen LogP contribution in [0.4, 0.5) is 5.88 Å². The number of nitro groups is 1. The van der Waals surface area contributed by atoms with Gasteiger partial charge in [0.25, 0.3) is 5.89 Å². The Morgan fingerprint density at radius 2 is 1.95 bits per heavy atom. The Hall–Kier alpha value is -3.16. The molecule has 0 spiro atoms.